The minimum Gasteiger partial charge on any atom is -0.508 e. The maximum Gasteiger partial charge on any atom is 0.234 e. The summed E-state index contributed by atoms with van der Waals surface area (Å²) in [5, 5.41) is 9.96. The van der Waals surface area contributed by atoms with E-state index in [-0.39, 0.29) is 41.6 Å². The monoisotopic (exact) mass is 509 g/mol. The number of amides is 2. The molecule has 2 aromatic rings. The molecule has 2 amide bonds. The fourth-order valence-electron chi connectivity index (χ4n) is 7.61. The van der Waals surface area contributed by atoms with Gasteiger partial charge in [0.2, 0.25) is 11.8 Å². The molecule has 6 rings (SSSR count). The van der Waals surface area contributed by atoms with Gasteiger partial charge >= 0.3 is 0 Å². The SMILES string of the molecule is CC1=C(C)C(=O)[C@@]2(C)[C@@H](c3ccc(O)cc3)C3=CC[C@@H]4C(=O)N(Cc5ccccc5)C(=O)[C@@H]4[C@@H]3C[C@H]2C1=O. The quantitative estimate of drug-likeness (QED) is 0.477. The largest absolute Gasteiger partial charge is 0.508 e. The van der Waals surface area contributed by atoms with Crippen molar-refractivity contribution in [2.75, 3.05) is 0 Å². The number of carbonyl (C=O) groups is 4. The number of rotatable bonds is 3. The van der Waals surface area contributed by atoms with E-state index in [0.29, 0.717) is 24.0 Å². The summed E-state index contributed by atoms with van der Waals surface area (Å²) >= 11 is 0. The van der Waals surface area contributed by atoms with E-state index in [9.17, 15) is 24.3 Å². The average molecular weight is 510 g/mol. The standard InChI is InChI=1S/C32H31NO5/c1-17-18(2)29(36)32(3)25(28(17)35)15-24-22(27(32)20-9-11-21(34)12-10-20)13-14-23-26(24)31(38)33(30(23)37)16-19-7-5-4-6-8-19/h4-13,23-27,34H,14-16H2,1-3H3/t23-,24+,25-,26-,27-,32+/m0/s1. The molecular weight excluding hydrogens is 478 g/mol. The zero-order valence-electron chi connectivity index (χ0n) is 21.8. The molecule has 1 saturated carbocycles. The van der Waals surface area contributed by atoms with Gasteiger partial charge in [-0.15, -0.1) is 0 Å². The van der Waals surface area contributed by atoms with Crippen LogP contribution >= 0.6 is 0 Å². The molecule has 0 bridgehead atoms. The molecule has 2 fully saturated rings. The molecule has 0 radical (unpaired) electrons. The van der Waals surface area contributed by atoms with Crippen LogP contribution in [0.2, 0.25) is 0 Å². The van der Waals surface area contributed by atoms with E-state index in [1.54, 1.807) is 38.1 Å². The van der Waals surface area contributed by atoms with Crippen LogP contribution in [-0.2, 0) is 25.7 Å². The number of ketones is 2. The number of imide groups is 1. The Morgan fingerprint density at radius 1 is 0.895 bits per heavy atom. The number of fused-ring (bicyclic) bond motifs is 4. The number of aromatic hydroxyl groups is 1. The van der Waals surface area contributed by atoms with Gasteiger partial charge in [0, 0.05) is 11.8 Å². The molecule has 194 valence electrons. The first-order chi connectivity index (χ1) is 18.1. The molecule has 6 atom stereocenters. The van der Waals surface area contributed by atoms with Crippen LogP contribution < -0.4 is 0 Å². The maximum atomic E-state index is 13.9. The molecule has 1 saturated heterocycles. The Morgan fingerprint density at radius 3 is 2.26 bits per heavy atom. The topological polar surface area (TPSA) is 91.8 Å². The lowest BCUT2D eigenvalue weighted by Gasteiger charge is -2.54. The molecule has 0 aromatic heterocycles. The first-order valence-corrected chi connectivity index (χ1v) is 13.3. The lowest BCUT2D eigenvalue weighted by molar-refractivity contribution is -0.143. The van der Waals surface area contributed by atoms with Crippen molar-refractivity contribution in [2.45, 2.75) is 46.1 Å². The zero-order chi connectivity index (χ0) is 26.9. The number of Topliss-reactive ketones (excluding diaryl/α,β-unsaturated/α-hetero) is 2. The van der Waals surface area contributed by atoms with E-state index in [1.165, 1.54) is 4.90 Å². The predicted octanol–water partition coefficient (Wildman–Crippen LogP) is 4.74. The highest BCUT2D eigenvalue weighted by atomic mass is 16.3. The summed E-state index contributed by atoms with van der Waals surface area (Å²) < 4.78 is 0. The van der Waals surface area contributed by atoms with Gasteiger partial charge in [-0.1, -0.05) is 61.0 Å². The third-order valence-corrected chi connectivity index (χ3v) is 9.67. The summed E-state index contributed by atoms with van der Waals surface area (Å²) in [4.78, 5) is 56.4. The number of carbonyl (C=O) groups excluding carboxylic acids is 4. The summed E-state index contributed by atoms with van der Waals surface area (Å²) in [6, 6.07) is 16.3. The number of likely N-dealkylation sites (tertiary alicyclic amines) is 1. The Kier molecular flexibility index (Phi) is 5.56. The molecule has 1 heterocycles. The van der Waals surface area contributed by atoms with Crippen LogP contribution in [0.4, 0.5) is 0 Å². The second-order valence-electron chi connectivity index (χ2n) is 11.5. The first kappa shape index (κ1) is 24.5. The van der Waals surface area contributed by atoms with Crippen LogP contribution in [-0.4, -0.2) is 33.4 Å². The van der Waals surface area contributed by atoms with Crippen LogP contribution in [0.5, 0.6) is 5.75 Å². The molecule has 2 aromatic carbocycles. The number of benzene rings is 2. The van der Waals surface area contributed by atoms with Gasteiger partial charge in [0.25, 0.3) is 0 Å². The van der Waals surface area contributed by atoms with Crippen LogP contribution in [0.25, 0.3) is 0 Å². The lowest BCUT2D eigenvalue weighted by Crippen LogP contribution is -2.55. The Labute approximate surface area is 222 Å². The van der Waals surface area contributed by atoms with Crippen LogP contribution in [0.1, 0.15) is 50.7 Å². The van der Waals surface area contributed by atoms with Crippen molar-refractivity contribution in [3.05, 3.63) is 88.5 Å². The lowest BCUT2D eigenvalue weighted by atomic mass is 9.46. The van der Waals surface area contributed by atoms with Gasteiger partial charge in [0.1, 0.15) is 5.75 Å². The average Bonchev–Trinajstić information content (AvgIpc) is 3.16. The Morgan fingerprint density at radius 2 is 1.58 bits per heavy atom. The fourth-order valence-corrected chi connectivity index (χ4v) is 7.61. The highest BCUT2D eigenvalue weighted by Crippen LogP contribution is 2.63. The van der Waals surface area contributed by atoms with Crippen molar-refractivity contribution in [2.24, 2.45) is 29.1 Å². The molecule has 4 aliphatic rings. The third kappa shape index (κ3) is 3.32. The number of hydrogen-bond donors (Lipinski definition) is 1. The summed E-state index contributed by atoms with van der Waals surface area (Å²) in [5.41, 5.74) is 2.65. The minimum atomic E-state index is -1.01. The van der Waals surface area contributed by atoms with Gasteiger partial charge in [-0.05, 0) is 67.0 Å². The summed E-state index contributed by atoms with van der Waals surface area (Å²) in [5.74, 6) is -2.67. The molecular formula is C32H31NO5. The molecule has 0 unspecified atom stereocenters. The highest BCUT2D eigenvalue weighted by Gasteiger charge is 2.63. The van der Waals surface area contributed by atoms with E-state index in [0.717, 1.165) is 16.7 Å². The minimum absolute atomic E-state index is 0.0429. The zero-order valence-corrected chi connectivity index (χ0v) is 21.8. The van der Waals surface area contributed by atoms with Gasteiger partial charge < -0.3 is 5.11 Å². The van der Waals surface area contributed by atoms with Gasteiger partial charge in [-0.3, -0.25) is 24.1 Å². The number of phenolic OH excluding ortho intramolecular Hbond substituents is 1. The Balaban J connectivity index is 1.46. The van der Waals surface area contributed by atoms with Crippen LogP contribution in [0.15, 0.2) is 77.4 Å². The summed E-state index contributed by atoms with van der Waals surface area (Å²) in [6.45, 7) is 5.56. The smallest absolute Gasteiger partial charge is 0.234 e. The summed E-state index contributed by atoms with van der Waals surface area (Å²) in [7, 11) is 0. The molecule has 3 aliphatic carbocycles. The van der Waals surface area contributed by atoms with Gasteiger partial charge in [0.15, 0.2) is 11.6 Å². The second-order valence-corrected chi connectivity index (χ2v) is 11.5. The van der Waals surface area contributed by atoms with Crippen molar-refractivity contribution in [3.63, 3.8) is 0 Å². The molecule has 6 heteroatoms. The molecule has 38 heavy (non-hydrogen) atoms. The van der Waals surface area contributed by atoms with E-state index in [2.05, 4.69) is 6.08 Å². The van der Waals surface area contributed by atoms with E-state index < -0.39 is 29.1 Å². The van der Waals surface area contributed by atoms with E-state index in [1.807, 2.05) is 37.3 Å². The normalized spacial score (nSPS) is 32.7. The van der Waals surface area contributed by atoms with Crippen LogP contribution in [0.3, 0.4) is 0 Å². The Hall–Kier alpha value is -3.80. The third-order valence-electron chi connectivity index (χ3n) is 9.67. The first-order valence-electron chi connectivity index (χ1n) is 13.3. The van der Waals surface area contributed by atoms with Crippen molar-refractivity contribution < 1.29 is 24.3 Å². The Bertz CT molecular complexity index is 1440. The molecule has 1 N–H and O–H groups in total. The van der Waals surface area contributed by atoms with Crippen molar-refractivity contribution in [3.8, 4) is 5.75 Å². The van der Waals surface area contributed by atoms with Gasteiger partial charge in [-0.2, -0.15) is 0 Å². The maximum absolute atomic E-state index is 13.9. The number of hydrogen-bond acceptors (Lipinski definition) is 5. The van der Waals surface area contributed by atoms with Crippen molar-refractivity contribution >= 4 is 23.4 Å². The molecule has 0 spiro atoms. The van der Waals surface area contributed by atoms with E-state index >= 15 is 0 Å². The van der Waals surface area contributed by atoms with Crippen molar-refractivity contribution in [1.82, 2.24) is 4.90 Å². The van der Waals surface area contributed by atoms with E-state index in [4.69, 9.17) is 0 Å². The van der Waals surface area contributed by atoms with Crippen LogP contribution in [0, 0.1) is 29.1 Å². The number of nitrogens with zero attached hydrogens (tertiary/aromatic N) is 1. The second kappa shape index (κ2) is 8.62. The number of phenols is 1. The predicted molar refractivity (Wildman–Crippen MR) is 141 cm³/mol. The molecule has 1 aliphatic heterocycles. The van der Waals surface area contributed by atoms with Gasteiger partial charge in [-0.25, -0.2) is 0 Å². The number of allylic oxidation sites excluding steroid dienone is 4. The van der Waals surface area contributed by atoms with Gasteiger partial charge in [0.05, 0.1) is 23.8 Å². The van der Waals surface area contributed by atoms with Crippen molar-refractivity contribution in [1.29, 1.82) is 0 Å². The highest BCUT2D eigenvalue weighted by molar-refractivity contribution is 6.16. The fraction of sp³-hybridized carbons (Fsp3) is 0.375. The summed E-state index contributed by atoms with van der Waals surface area (Å²) in [6.07, 6.45) is 2.85. The molecule has 6 nitrogen and oxygen atoms in total.